The summed E-state index contributed by atoms with van der Waals surface area (Å²) in [4.78, 5) is 16.8. The zero-order valence-electron chi connectivity index (χ0n) is 13.8. The molecule has 1 aliphatic carbocycles. The van der Waals surface area contributed by atoms with E-state index < -0.39 is 5.41 Å². The van der Waals surface area contributed by atoms with Gasteiger partial charge < -0.3 is 10.6 Å². The van der Waals surface area contributed by atoms with Crippen LogP contribution in [0.3, 0.4) is 0 Å². The van der Waals surface area contributed by atoms with Crippen molar-refractivity contribution in [3.63, 3.8) is 0 Å². The van der Waals surface area contributed by atoms with Crippen molar-refractivity contribution in [3.05, 3.63) is 59.5 Å². The van der Waals surface area contributed by atoms with E-state index in [4.69, 9.17) is 5.26 Å². The highest BCUT2D eigenvalue weighted by Crippen LogP contribution is 2.44. The molecule has 0 atom stereocenters. The minimum Gasteiger partial charge on any atom is -0.367 e. The van der Waals surface area contributed by atoms with Crippen LogP contribution in [0, 0.1) is 17.1 Å². The number of hydrogen-bond acceptors (Lipinski definition) is 4. The number of benzene rings is 1. The predicted molar refractivity (Wildman–Crippen MR) is 92.4 cm³/mol. The highest BCUT2D eigenvalue weighted by molar-refractivity contribution is 5.89. The third-order valence-electron chi connectivity index (χ3n) is 4.65. The number of anilines is 1. The molecule has 3 rings (SSSR count). The van der Waals surface area contributed by atoms with Crippen LogP contribution in [0.4, 0.5) is 10.2 Å². The number of aromatic nitrogens is 1. The normalized spacial score (nSPS) is 14.9. The van der Waals surface area contributed by atoms with Crippen LogP contribution in [0.15, 0.2) is 42.6 Å². The molecule has 1 fully saturated rings. The summed E-state index contributed by atoms with van der Waals surface area (Å²) in [5.41, 5.74) is 0.579. The zero-order valence-corrected chi connectivity index (χ0v) is 13.8. The fraction of sp³-hybridized carbons (Fsp3) is 0.316. The first-order valence-electron chi connectivity index (χ1n) is 8.29. The molecule has 1 aromatic carbocycles. The lowest BCUT2D eigenvalue weighted by Gasteiger charge is -2.40. The minimum atomic E-state index is -0.620. The van der Waals surface area contributed by atoms with Gasteiger partial charge in [0.25, 0.3) is 0 Å². The SMILES string of the molecule is N#Cc1cccnc1NCCNC(=O)C1(c2cccc(F)c2)CCC1. The Morgan fingerprint density at radius 3 is 2.80 bits per heavy atom. The van der Waals surface area contributed by atoms with Gasteiger partial charge in [0, 0.05) is 19.3 Å². The molecule has 0 saturated heterocycles. The molecule has 128 valence electrons. The van der Waals surface area contributed by atoms with Gasteiger partial charge in [0.2, 0.25) is 5.91 Å². The number of amides is 1. The van der Waals surface area contributed by atoms with E-state index in [-0.39, 0.29) is 11.7 Å². The van der Waals surface area contributed by atoms with Crippen molar-refractivity contribution in [1.82, 2.24) is 10.3 Å². The fourth-order valence-electron chi connectivity index (χ4n) is 3.13. The number of nitrogens with one attached hydrogen (secondary N) is 2. The van der Waals surface area contributed by atoms with Crippen LogP contribution in [0.2, 0.25) is 0 Å². The van der Waals surface area contributed by atoms with Gasteiger partial charge in [-0.3, -0.25) is 4.79 Å². The first kappa shape index (κ1) is 16.9. The number of hydrogen-bond donors (Lipinski definition) is 2. The highest BCUT2D eigenvalue weighted by Gasteiger charge is 2.45. The second-order valence-corrected chi connectivity index (χ2v) is 6.14. The van der Waals surface area contributed by atoms with Crippen LogP contribution in [-0.2, 0) is 10.2 Å². The van der Waals surface area contributed by atoms with Gasteiger partial charge in [0.1, 0.15) is 17.7 Å². The predicted octanol–water partition coefficient (Wildman–Crippen LogP) is 2.74. The number of rotatable bonds is 6. The van der Waals surface area contributed by atoms with Crippen molar-refractivity contribution in [3.8, 4) is 6.07 Å². The van der Waals surface area contributed by atoms with E-state index in [9.17, 15) is 9.18 Å². The number of carbonyl (C=O) groups excluding carboxylic acids is 1. The summed E-state index contributed by atoms with van der Waals surface area (Å²) < 4.78 is 13.5. The largest absolute Gasteiger partial charge is 0.367 e. The molecule has 1 aromatic heterocycles. The lowest BCUT2D eigenvalue weighted by molar-refractivity contribution is -0.129. The highest BCUT2D eigenvalue weighted by atomic mass is 19.1. The standard InChI is InChI=1S/C19H19FN4O/c20-16-6-1-5-15(12-16)19(7-3-8-19)18(25)24-11-10-23-17-14(13-21)4-2-9-22-17/h1-2,4-6,9,12H,3,7-8,10-11H2,(H,22,23)(H,24,25). The van der Waals surface area contributed by atoms with E-state index in [0.29, 0.717) is 24.5 Å². The van der Waals surface area contributed by atoms with Crippen molar-refractivity contribution >= 4 is 11.7 Å². The Hall–Kier alpha value is -2.94. The Morgan fingerprint density at radius 1 is 1.28 bits per heavy atom. The quantitative estimate of drug-likeness (QED) is 0.794. The summed E-state index contributed by atoms with van der Waals surface area (Å²) in [5.74, 6) is 0.104. The average molecular weight is 338 g/mol. The summed E-state index contributed by atoms with van der Waals surface area (Å²) in [5, 5.41) is 15.0. The average Bonchev–Trinajstić information content (AvgIpc) is 2.58. The summed E-state index contributed by atoms with van der Waals surface area (Å²) in [7, 11) is 0. The van der Waals surface area contributed by atoms with Crippen LogP contribution in [0.25, 0.3) is 0 Å². The van der Waals surface area contributed by atoms with Gasteiger partial charge in [-0.15, -0.1) is 0 Å². The van der Waals surface area contributed by atoms with Gasteiger partial charge in [0.15, 0.2) is 0 Å². The summed E-state index contributed by atoms with van der Waals surface area (Å²) in [6, 6.07) is 11.7. The second kappa shape index (κ2) is 7.31. The smallest absolute Gasteiger partial charge is 0.230 e. The Balaban J connectivity index is 1.58. The number of pyridine rings is 1. The fourth-order valence-corrected chi connectivity index (χ4v) is 3.13. The Labute approximate surface area is 145 Å². The molecule has 0 spiro atoms. The second-order valence-electron chi connectivity index (χ2n) is 6.14. The molecule has 0 radical (unpaired) electrons. The van der Waals surface area contributed by atoms with E-state index in [1.807, 2.05) is 6.07 Å². The van der Waals surface area contributed by atoms with E-state index >= 15 is 0 Å². The first-order chi connectivity index (χ1) is 12.2. The maximum Gasteiger partial charge on any atom is 0.230 e. The molecule has 2 aromatic rings. The molecule has 1 amide bonds. The van der Waals surface area contributed by atoms with Crippen molar-refractivity contribution in [2.75, 3.05) is 18.4 Å². The molecule has 1 saturated carbocycles. The lowest BCUT2D eigenvalue weighted by Crippen LogP contribution is -2.50. The Bertz CT molecular complexity index is 811. The molecule has 2 N–H and O–H groups in total. The van der Waals surface area contributed by atoms with Crippen molar-refractivity contribution in [1.29, 1.82) is 5.26 Å². The van der Waals surface area contributed by atoms with E-state index in [2.05, 4.69) is 21.7 Å². The van der Waals surface area contributed by atoms with Crippen LogP contribution in [-0.4, -0.2) is 24.0 Å². The molecule has 0 bridgehead atoms. The third-order valence-corrected chi connectivity index (χ3v) is 4.65. The summed E-state index contributed by atoms with van der Waals surface area (Å²) in [6.07, 6.45) is 4.03. The van der Waals surface area contributed by atoms with Crippen LogP contribution in [0.5, 0.6) is 0 Å². The number of halogens is 1. The van der Waals surface area contributed by atoms with E-state index in [1.165, 1.54) is 12.1 Å². The Morgan fingerprint density at radius 2 is 2.12 bits per heavy atom. The molecule has 5 nitrogen and oxygen atoms in total. The van der Waals surface area contributed by atoms with Crippen molar-refractivity contribution in [2.24, 2.45) is 0 Å². The van der Waals surface area contributed by atoms with Gasteiger partial charge in [-0.2, -0.15) is 5.26 Å². The van der Waals surface area contributed by atoms with Crippen molar-refractivity contribution < 1.29 is 9.18 Å². The monoisotopic (exact) mass is 338 g/mol. The number of nitriles is 1. The Kier molecular flexibility index (Phi) is 4.94. The number of carbonyl (C=O) groups is 1. The topological polar surface area (TPSA) is 77.8 Å². The zero-order chi connectivity index (χ0) is 17.7. The van der Waals surface area contributed by atoms with Gasteiger partial charge in [-0.05, 0) is 42.7 Å². The molecule has 1 aliphatic rings. The molecule has 0 unspecified atom stereocenters. The molecular weight excluding hydrogens is 319 g/mol. The molecule has 1 heterocycles. The molecule has 0 aliphatic heterocycles. The summed E-state index contributed by atoms with van der Waals surface area (Å²) >= 11 is 0. The molecular formula is C19H19FN4O. The maximum atomic E-state index is 13.5. The first-order valence-corrected chi connectivity index (χ1v) is 8.29. The van der Waals surface area contributed by atoms with Gasteiger partial charge >= 0.3 is 0 Å². The van der Waals surface area contributed by atoms with Crippen molar-refractivity contribution in [2.45, 2.75) is 24.7 Å². The molecule has 6 heteroatoms. The minimum absolute atomic E-state index is 0.0762. The van der Waals surface area contributed by atoms with E-state index in [1.54, 1.807) is 24.4 Å². The third kappa shape index (κ3) is 3.45. The van der Waals surface area contributed by atoms with Crippen LogP contribution >= 0.6 is 0 Å². The van der Waals surface area contributed by atoms with E-state index in [0.717, 1.165) is 24.8 Å². The summed E-state index contributed by atoms with van der Waals surface area (Å²) in [6.45, 7) is 0.855. The lowest BCUT2D eigenvalue weighted by atomic mass is 9.64. The van der Waals surface area contributed by atoms with Crippen LogP contribution < -0.4 is 10.6 Å². The maximum absolute atomic E-state index is 13.5. The van der Waals surface area contributed by atoms with Gasteiger partial charge in [0.05, 0.1) is 11.0 Å². The van der Waals surface area contributed by atoms with Gasteiger partial charge in [-0.25, -0.2) is 9.37 Å². The van der Waals surface area contributed by atoms with Crippen LogP contribution in [0.1, 0.15) is 30.4 Å². The van der Waals surface area contributed by atoms with Gasteiger partial charge in [-0.1, -0.05) is 18.6 Å². The number of nitrogens with zero attached hydrogens (tertiary/aromatic N) is 2. The molecule has 25 heavy (non-hydrogen) atoms.